The number of anilines is 1. The van der Waals surface area contributed by atoms with Crippen LogP contribution in [0.15, 0.2) is 16.9 Å². The SMILES string of the molecule is CB(O)Nc1cnc(Br)cc1I. The summed E-state index contributed by atoms with van der Waals surface area (Å²) in [6.07, 6.45) is 1.68. The van der Waals surface area contributed by atoms with E-state index in [1.165, 1.54) is 0 Å². The van der Waals surface area contributed by atoms with Crippen LogP contribution in [0.4, 0.5) is 5.69 Å². The Morgan fingerprint density at radius 3 is 2.92 bits per heavy atom. The van der Waals surface area contributed by atoms with Gasteiger partial charge < -0.3 is 10.3 Å². The van der Waals surface area contributed by atoms with Crippen LogP contribution >= 0.6 is 38.5 Å². The molecule has 0 spiro atoms. The third-order valence-electron chi connectivity index (χ3n) is 1.18. The van der Waals surface area contributed by atoms with Crippen LogP contribution in [-0.4, -0.2) is 17.1 Å². The van der Waals surface area contributed by atoms with E-state index in [2.05, 4.69) is 48.7 Å². The van der Waals surface area contributed by atoms with Gasteiger partial charge in [-0.3, -0.25) is 0 Å². The normalized spacial score (nSPS) is 9.67. The van der Waals surface area contributed by atoms with E-state index in [1.807, 2.05) is 6.07 Å². The van der Waals surface area contributed by atoms with Gasteiger partial charge >= 0.3 is 7.05 Å². The van der Waals surface area contributed by atoms with Crippen molar-refractivity contribution in [2.45, 2.75) is 6.82 Å². The first-order chi connectivity index (χ1) is 5.59. The molecule has 0 saturated heterocycles. The predicted molar refractivity (Wildman–Crippen MR) is 62.1 cm³/mol. The molecule has 0 amide bonds. The van der Waals surface area contributed by atoms with Crippen LogP contribution in [0.1, 0.15) is 0 Å². The van der Waals surface area contributed by atoms with Gasteiger partial charge in [-0.05, 0) is 51.4 Å². The number of nitrogens with one attached hydrogen (secondary N) is 1. The summed E-state index contributed by atoms with van der Waals surface area (Å²) < 4.78 is 1.82. The average Bonchev–Trinajstić information content (AvgIpc) is 1.94. The fourth-order valence-electron chi connectivity index (χ4n) is 0.739. The van der Waals surface area contributed by atoms with Crippen molar-refractivity contribution in [3.63, 3.8) is 0 Å². The maximum atomic E-state index is 9.05. The van der Waals surface area contributed by atoms with Crippen LogP contribution in [-0.2, 0) is 0 Å². The van der Waals surface area contributed by atoms with Crippen LogP contribution in [0, 0.1) is 3.57 Å². The molecule has 0 fully saturated rings. The first-order valence-electron chi connectivity index (χ1n) is 3.35. The molecular weight excluding hydrogens is 334 g/mol. The smallest absolute Gasteiger partial charge is 0.406 e. The molecule has 0 aliphatic heterocycles. The Morgan fingerprint density at radius 2 is 2.42 bits per heavy atom. The van der Waals surface area contributed by atoms with Crippen LogP contribution in [0.2, 0.25) is 6.82 Å². The highest BCUT2D eigenvalue weighted by Gasteiger charge is 2.06. The second-order valence-corrected chi connectivity index (χ2v) is 4.28. The first kappa shape index (κ1) is 10.3. The van der Waals surface area contributed by atoms with Gasteiger partial charge in [0, 0.05) is 3.57 Å². The third-order valence-corrected chi connectivity index (χ3v) is 2.51. The molecule has 1 rings (SSSR count). The summed E-state index contributed by atoms with van der Waals surface area (Å²) in [5.74, 6) is 0. The summed E-state index contributed by atoms with van der Waals surface area (Å²) in [5, 5.41) is 11.9. The van der Waals surface area contributed by atoms with Crippen molar-refractivity contribution in [1.29, 1.82) is 0 Å². The van der Waals surface area contributed by atoms with Gasteiger partial charge in [0.1, 0.15) is 4.60 Å². The maximum absolute atomic E-state index is 9.05. The van der Waals surface area contributed by atoms with Crippen LogP contribution in [0.25, 0.3) is 0 Å². The van der Waals surface area contributed by atoms with Crippen LogP contribution < -0.4 is 5.23 Å². The van der Waals surface area contributed by atoms with E-state index >= 15 is 0 Å². The zero-order valence-electron chi connectivity index (χ0n) is 6.38. The van der Waals surface area contributed by atoms with Gasteiger partial charge in [0.05, 0.1) is 11.9 Å². The van der Waals surface area contributed by atoms with Gasteiger partial charge in [-0.2, -0.15) is 0 Å². The summed E-state index contributed by atoms with van der Waals surface area (Å²) in [6.45, 7) is 1.66. The summed E-state index contributed by atoms with van der Waals surface area (Å²) in [7, 11) is -0.554. The van der Waals surface area contributed by atoms with E-state index < -0.39 is 7.05 Å². The molecule has 1 aromatic heterocycles. The molecule has 6 heteroatoms. The average molecular weight is 341 g/mol. The zero-order valence-corrected chi connectivity index (χ0v) is 10.1. The first-order valence-corrected chi connectivity index (χ1v) is 5.22. The number of rotatable bonds is 2. The molecule has 64 valence electrons. The lowest BCUT2D eigenvalue weighted by Crippen LogP contribution is -2.20. The predicted octanol–water partition coefficient (Wildman–Crippen LogP) is 1.97. The Bertz CT molecular complexity index is 284. The van der Waals surface area contributed by atoms with Crippen molar-refractivity contribution >= 4 is 51.3 Å². The van der Waals surface area contributed by atoms with Crippen LogP contribution in [0.5, 0.6) is 0 Å². The summed E-state index contributed by atoms with van der Waals surface area (Å²) in [6, 6.07) is 1.88. The lowest BCUT2D eigenvalue weighted by atomic mass is 9.88. The van der Waals surface area contributed by atoms with E-state index in [9.17, 15) is 0 Å². The Kier molecular flexibility index (Phi) is 3.79. The summed E-state index contributed by atoms with van der Waals surface area (Å²) in [5.41, 5.74) is 0.841. The Hall–Kier alpha value is 0.185. The van der Waals surface area contributed by atoms with Crippen molar-refractivity contribution in [1.82, 2.24) is 4.98 Å². The number of hydrogen-bond donors (Lipinski definition) is 2. The highest BCUT2D eigenvalue weighted by Crippen LogP contribution is 2.20. The molecule has 0 bridgehead atoms. The molecule has 0 radical (unpaired) electrons. The van der Waals surface area contributed by atoms with Gasteiger partial charge in [-0.25, -0.2) is 4.98 Å². The quantitative estimate of drug-likeness (QED) is 0.491. The standard InChI is InChI=1S/C6H7BBrIN2O/c1-7(12)11-5-3-10-6(8)2-4(5)9/h2-3,11-12H,1H3. The summed E-state index contributed by atoms with van der Waals surface area (Å²) >= 11 is 5.43. The molecule has 0 aromatic carbocycles. The molecule has 0 aliphatic rings. The fourth-order valence-corrected chi connectivity index (χ4v) is 2.09. The van der Waals surface area contributed by atoms with Crippen molar-refractivity contribution in [2.24, 2.45) is 0 Å². The molecule has 2 N–H and O–H groups in total. The largest absolute Gasteiger partial charge is 0.433 e. The number of halogens is 2. The van der Waals surface area contributed by atoms with E-state index in [0.29, 0.717) is 0 Å². The maximum Gasteiger partial charge on any atom is 0.406 e. The molecule has 3 nitrogen and oxygen atoms in total. The fraction of sp³-hybridized carbons (Fsp3) is 0.167. The second-order valence-electron chi connectivity index (χ2n) is 2.31. The lowest BCUT2D eigenvalue weighted by molar-refractivity contribution is 0.587. The number of hydrogen-bond acceptors (Lipinski definition) is 3. The second kappa shape index (κ2) is 4.43. The summed E-state index contributed by atoms with van der Waals surface area (Å²) in [4.78, 5) is 4.03. The van der Waals surface area contributed by atoms with Crippen molar-refractivity contribution in [3.05, 3.63) is 20.4 Å². The van der Waals surface area contributed by atoms with Gasteiger partial charge in [-0.1, -0.05) is 0 Å². The minimum Gasteiger partial charge on any atom is -0.433 e. The number of aromatic nitrogens is 1. The highest BCUT2D eigenvalue weighted by molar-refractivity contribution is 14.1. The van der Waals surface area contributed by atoms with E-state index in [-0.39, 0.29) is 0 Å². The van der Waals surface area contributed by atoms with Crippen molar-refractivity contribution in [3.8, 4) is 0 Å². The van der Waals surface area contributed by atoms with Crippen molar-refractivity contribution in [2.75, 3.05) is 5.23 Å². The molecule has 0 atom stereocenters. The molecule has 1 aromatic rings. The molecule has 0 unspecified atom stereocenters. The van der Waals surface area contributed by atoms with Gasteiger partial charge in [0.2, 0.25) is 0 Å². The molecule has 12 heavy (non-hydrogen) atoms. The Labute approximate surface area is 93.4 Å². The lowest BCUT2D eigenvalue weighted by Gasteiger charge is -2.07. The van der Waals surface area contributed by atoms with E-state index in [4.69, 9.17) is 5.02 Å². The Morgan fingerprint density at radius 1 is 1.75 bits per heavy atom. The molecule has 1 heterocycles. The topological polar surface area (TPSA) is 45.1 Å². The third kappa shape index (κ3) is 2.91. The molecular formula is C6H7BBrIN2O. The van der Waals surface area contributed by atoms with Gasteiger partial charge in [0.15, 0.2) is 0 Å². The Balaban J connectivity index is 2.86. The van der Waals surface area contributed by atoms with Gasteiger partial charge in [-0.15, -0.1) is 0 Å². The minimum atomic E-state index is -0.554. The van der Waals surface area contributed by atoms with E-state index in [0.717, 1.165) is 13.9 Å². The molecule has 0 aliphatic carbocycles. The molecule has 0 saturated carbocycles. The van der Waals surface area contributed by atoms with Crippen LogP contribution in [0.3, 0.4) is 0 Å². The number of pyridine rings is 1. The van der Waals surface area contributed by atoms with Gasteiger partial charge in [0.25, 0.3) is 0 Å². The van der Waals surface area contributed by atoms with Crippen molar-refractivity contribution < 1.29 is 5.02 Å². The highest BCUT2D eigenvalue weighted by atomic mass is 127. The van der Waals surface area contributed by atoms with E-state index in [1.54, 1.807) is 13.0 Å². The minimum absolute atomic E-state index is 0.554. The number of nitrogens with zero attached hydrogens (tertiary/aromatic N) is 1. The zero-order chi connectivity index (χ0) is 9.14. The monoisotopic (exact) mass is 340 g/mol.